The Kier molecular flexibility index (Phi) is 5.91. The maximum Gasteiger partial charge on any atom is 0.148 e. The maximum absolute atomic E-state index is 11.4. The molecule has 3 atom stereocenters. The van der Waals surface area contributed by atoms with Crippen molar-refractivity contribution in [1.82, 2.24) is 5.32 Å². The van der Waals surface area contributed by atoms with Crippen LogP contribution >= 0.6 is 0 Å². The highest BCUT2D eigenvalue weighted by atomic mass is 32.2. The van der Waals surface area contributed by atoms with Gasteiger partial charge in [-0.2, -0.15) is 0 Å². The minimum absolute atomic E-state index is 0.0826. The lowest BCUT2D eigenvalue weighted by Crippen LogP contribution is -2.48. The highest BCUT2D eigenvalue weighted by molar-refractivity contribution is 7.90. The summed E-state index contributed by atoms with van der Waals surface area (Å²) < 4.78 is 22.9. The number of hydrogen-bond acceptors (Lipinski definition) is 3. The Morgan fingerprint density at radius 3 is 2.25 bits per heavy atom. The molecule has 2 aliphatic carbocycles. The summed E-state index contributed by atoms with van der Waals surface area (Å²) in [5.41, 5.74) is 0. The van der Waals surface area contributed by atoms with E-state index in [4.69, 9.17) is 0 Å². The molecule has 2 aliphatic rings. The summed E-state index contributed by atoms with van der Waals surface area (Å²) in [4.78, 5) is 0. The second kappa shape index (κ2) is 7.26. The Bertz CT molecular complexity index is 387. The topological polar surface area (TPSA) is 46.2 Å². The lowest BCUT2D eigenvalue weighted by atomic mass is 9.71. The van der Waals surface area contributed by atoms with E-state index in [9.17, 15) is 8.42 Å². The second-order valence-corrected chi connectivity index (χ2v) is 9.30. The van der Waals surface area contributed by atoms with Crippen molar-refractivity contribution < 1.29 is 8.42 Å². The molecule has 0 aliphatic heterocycles. The molecule has 20 heavy (non-hydrogen) atoms. The lowest BCUT2D eigenvalue weighted by molar-refractivity contribution is 0.145. The van der Waals surface area contributed by atoms with Crippen LogP contribution in [0.15, 0.2) is 0 Å². The van der Waals surface area contributed by atoms with Gasteiger partial charge in [-0.05, 0) is 31.6 Å². The average molecular weight is 301 g/mol. The zero-order valence-electron chi connectivity index (χ0n) is 13.1. The zero-order chi connectivity index (χ0) is 14.6. The van der Waals surface area contributed by atoms with Gasteiger partial charge >= 0.3 is 0 Å². The first kappa shape index (κ1) is 16.3. The van der Waals surface area contributed by atoms with Gasteiger partial charge in [0.05, 0.1) is 5.75 Å². The third-order valence-corrected chi connectivity index (χ3v) is 6.23. The van der Waals surface area contributed by atoms with Crippen molar-refractivity contribution >= 4 is 9.84 Å². The van der Waals surface area contributed by atoms with Crippen LogP contribution in [0.2, 0.25) is 0 Å². The third kappa shape index (κ3) is 5.03. The minimum Gasteiger partial charge on any atom is -0.310 e. The van der Waals surface area contributed by atoms with Crippen molar-refractivity contribution in [3.8, 4) is 0 Å². The molecular formula is C16H31NO2S. The van der Waals surface area contributed by atoms with Crippen molar-refractivity contribution in [2.24, 2.45) is 11.8 Å². The standard InChI is InChI=1S/C16H31NO2S/c1-13(12-20(2,18)19)17-16-11-7-6-10-15(16)14-8-4-3-5-9-14/h13-17H,3-12H2,1-2H3/t13-,15+,16-/m1/s1. The molecule has 3 nitrogen and oxygen atoms in total. The average Bonchev–Trinajstić information content (AvgIpc) is 2.38. The number of rotatable bonds is 5. The summed E-state index contributed by atoms with van der Waals surface area (Å²) in [6, 6.07) is 0.628. The van der Waals surface area contributed by atoms with Gasteiger partial charge in [0.1, 0.15) is 9.84 Å². The predicted molar refractivity (Wildman–Crippen MR) is 84.6 cm³/mol. The quantitative estimate of drug-likeness (QED) is 0.848. The molecule has 2 fully saturated rings. The molecule has 118 valence electrons. The predicted octanol–water partition coefficient (Wildman–Crippen LogP) is 3.15. The molecule has 0 aromatic carbocycles. The number of sulfone groups is 1. The molecule has 0 amide bonds. The van der Waals surface area contributed by atoms with E-state index in [1.807, 2.05) is 6.92 Å². The Labute approximate surface area is 124 Å². The van der Waals surface area contributed by atoms with Crippen molar-refractivity contribution in [3.05, 3.63) is 0 Å². The van der Waals surface area contributed by atoms with Crippen LogP contribution in [-0.2, 0) is 9.84 Å². The third-order valence-electron chi connectivity index (χ3n) is 5.13. The molecule has 0 aromatic rings. The van der Waals surface area contributed by atoms with Gasteiger partial charge in [-0.25, -0.2) is 8.42 Å². The highest BCUT2D eigenvalue weighted by Gasteiger charge is 2.33. The molecule has 0 unspecified atom stereocenters. The van der Waals surface area contributed by atoms with Crippen molar-refractivity contribution in [2.45, 2.75) is 76.8 Å². The van der Waals surface area contributed by atoms with E-state index in [1.165, 1.54) is 64.0 Å². The Balaban J connectivity index is 1.92. The molecule has 1 N–H and O–H groups in total. The summed E-state index contributed by atoms with van der Waals surface area (Å²) in [5, 5.41) is 3.64. The van der Waals surface area contributed by atoms with Crippen LogP contribution < -0.4 is 5.32 Å². The van der Waals surface area contributed by atoms with Crippen LogP contribution in [-0.4, -0.2) is 32.5 Å². The van der Waals surface area contributed by atoms with Crippen LogP contribution in [0, 0.1) is 11.8 Å². The van der Waals surface area contributed by atoms with E-state index in [0.29, 0.717) is 6.04 Å². The Hall–Kier alpha value is -0.0900. The summed E-state index contributed by atoms with van der Waals surface area (Å²) in [7, 11) is -2.88. The largest absolute Gasteiger partial charge is 0.310 e. The molecule has 0 radical (unpaired) electrons. The van der Waals surface area contributed by atoms with Gasteiger partial charge in [0.15, 0.2) is 0 Å². The normalized spacial score (nSPS) is 31.1. The molecule has 0 bridgehead atoms. The Morgan fingerprint density at radius 2 is 1.60 bits per heavy atom. The van der Waals surface area contributed by atoms with Gasteiger partial charge in [-0.3, -0.25) is 0 Å². The second-order valence-electron chi connectivity index (χ2n) is 7.11. The SMILES string of the molecule is C[C@H](CS(C)(=O)=O)N[C@@H]1CCCC[C@H]1C1CCCCC1. The van der Waals surface area contributed by atoms with Crippen LogP contribution in [0.25, 0.3) is 0 Å². The van der Waals surface area contributed by atoms with E-state index in [-0.39, 0.29) is 11.8 Å². The van der Waals surface area contributed by atoms with Gasteiger partial charge in [0, 0.05) is 18.3 Å². The molecule has 0 heterocycles. The van der Waals surface area contributed by atoms with Gasteiger partial charge < -0.3 is 5.32 Å². The van der Waals surface area contributed by atoms with Crippen LogP contribution in [0.5, 0.6) is 0 Å². The van der Waals surface area contributed by atoms with E-state index < -0.39 is 9.84 Å². The summed E-state index contributed by atoms with van der Waals surface area (Å²) >= 11 is 0. The zero-order valence-corrected chi connectivity index (χ0v) is 13.9. The van der Waals surface area contributed by atoms with Crippen LogP contribution in [0.1, 0.15) is 64.7 Å². The number of nitrogens with one attached hydrogen (secondary N) is 1. The summed E-state index contributed by atoms with van der Waals surface area (Å²) in [6.07, 6.45) is 13.6. The number of hydrogen-bond donors (Lipinski definition) is 1. The molecule has 0 saturated heterocycles. The fourth-order valence-electron chi connectivity index (χ4n) is 4.36. The first-order valence-electron chi connectivity index (χ1n) is 8.39. The van der Waals surface area contributed by atoms with Gasteiger partial charge in [0.25, 0.3) is 0 Å². The smallest absolute Gasteiger partial charge is 0.148 e. The molecule has 4 heteroatoms. The van der Waals surface area contributed by atoms with Crippen molar-refractivity contribution in [3.63, 3.8) is 0 Å². The van der Waals surface area contributed by atoms with Crippen LogP contribution in [0.3, 0.4) is 0 Å². The van der Waals surface area contributed by atoms with E-state index in [0.717, 1.165) is 11.8 Å². The summed E-state index contributed by atoms with van der Waals surface area (Å²) in [5.74, 6) is 1.93. The van der Waals surface area contributed by atoms with E-state index in [1.54, 1.807) is 0 Å². The van der Waals surface area contributed by atoms with E-state index >= 15 is 0 Å². The summed E-state index contributed by atoms with van der Waals surface area (Å²) in [6.45, 7) is 2.02. The highest BCUT2D eigenvalue weighted by Crippen LogP contribution is 2.38. The molecule has 0 aromatic heterocycles. The van der Waals surface area contributed by atoms with Crippen molar-refractivity contribution in [1.29, 1.82) is 0 Å². The maximum atomic E-state index is 11.4. The molecule has 2 saturated carbocycles. The minimum atomic E-state index is -2.88. The van der Waals surface area contributed by atoms with Crippen molar-refractivity contribution in [2.75, 3.05) is 12.0 Å². The van der Waals surface area contributed by atoms with E-state index in [2.05, 4.69) is 5.32 Å². The first-order chi connectivity index (χ1) is 9.46. The monoisotopic (exact) mass is 301 g/mol. The molecule has 0 spiro atoms. The Morgan fingerprint density at radius 1 is 1.00 bits per heavy atom. The fourth-order valence-corrected chi connectivity index (χ4v) is 5.37. The van der Waals surface area contributed by atoms with Gasteiger partial charge in [-0.15, -0.1) is 0 Å². The fraction of sp³-hybridized carbons (Fsp3) is 1.00. The molecule has 2 rings (SSSR count). The lowest BCUT2D eigenvalue weighted by Gasteiger charge is -2.40. The van der Waals surface area contributed by atoms with Gasteiger partial charge in [0.2, 0.25) is 0 Å². The first-order valence-corrected chi connectivity index (χ1v) is 10.5. The van der Waals surface area contributed by atoms with Gasteiger partial charge in [-0.1, -0.05) is 44.9 Å². The van der Waals surface area contributed by atoms with Crippen LogP contribution in [0.4, 0.5) is 0 Å². The molecular weight excluding hydrogens is 270 g/mol.